The van der Waals surface area contributed by atoms with Crippen molar-refractivity contribution < 1.29 is 12.7 Å². The Kier molecular flexibility index (Phi) is 3.14. The summed E-state index contributed by atoms with van der Waals surface area (Å²) in [6.45, 7) is 0. The van der Waals surface area contributed by atoms with Gasteiger partial charge in [0.1, 0.15) is 0 Å². The van der Waals surface area contributed by atoms with Gasteiger partial charge in [0.15, 0.2) is 5.21 Å². The molecule has 0 atom stereocenters. The van der Waals surface area contributed by atoms with Gasteiger partial charge >= 0.3 is 15.8 Å². The van der Waals surface area contributed by atoms with Crippen molar-refractivity contribution in [3.63, 3.8) is 0 Å². The van der Waals surface area contributed by atoms with Crippen LogP contribution in [0.2, 0.25) is 0 Å². The molecule has 0 saturated heterocycles. The fourth-order valence-corrected chi connectivity index (χ4v) is 1.87. The van der Waals surface area contributed by atoms with E-state index in [1.807, 2.05) is 0 Å². The van der Waals surface area contributed by atoms with Crippen molar-refractivity contribution in [3.8, 4) is 0 Å². The Labute approximate surface area is 106 Å². The molecule has 7 nitrogen and oxygen atoms in total. The summed E-state index contributed by atoms with van der Waals surface area (Å²) in [6.07, 6.45) is 0. The zero-order chi connectivity index (χ0) is 13.3. The van der Waals surface area contributed by atoms with E-state index in [0.29, 0.717) is 0 Å². The van der Waals surface area contributed by atoms with Gasteiger partial charge in [0.05, 0.1) is 10.9 Å². The first kappa shape index (κ1) is 12.7. The number of hydrogen-bond donors (Lipinski definition) is 1. The Morgan fingerprint density at radius 2 is 1.94 bits per heavy atom. The molecule has 0 aliphatic carbocycles. The highest BCUT2D eigenvalue weighted by molar-refractivity contribution is 7.88. The molecule has 0 spiro atoms. The van der Waals surface area contributed by atoms with Crippen molar-refractivity contribution in [1.29, 1.82) is 0 Å². The molecule has 0 amide bonds. The van der Waals surface area contributed by atoms with Crippen molar-refractivity contribution >= 4 is 32.6 Å². The van der Waals surface area contributed by atoms with E-state index < -0.39 is 26.6 Å². The minimum Gasteiger partial charge on any atom is -0.304 e. The molecular weight excluding hydrogens is 284 g/mol. The molecule has 9 heteroatoms. The molecule has 18 heavy (non-hydrogen) atoms. The van der Waals surface area contributed by atoms with Crippen molar-refractivity contribution in [2.24, 2.45) is 0 Å². The SMILES string of the molecule is O=c1[nH]c2ccccc2c(=O)n1OS(=O)(=O)CCl. The van der Waals surface area contributed by atoms with Crippen molar-refractivity contribution in [2.75, 3.05) is 5.21 Å². The van der Waals surface area contributed by atoms with Crippen LogP contribution in [0, 0.1) is 0 Å². The smallest absolute Gasteiger partial charge is 0.304 e. The van der Waals surface area contributed by atoms with Gasteiger partial charge in [-0.25, -0.2) is 4.79 Å². The van der Waals surface area contributed by atoms with Gasteiger partial charge in [-0.1, -0.05) is 16.9 Å². The van der Waals surface area contributed by atoms with E-state index >= 15 is 0 Å². The van der Waals surface area contributed by atoms with Crippen molar-refractivity contribution in [1.82, 2.24) is 9.71 Å². The monoisotopic (exact) mass is 290 g/mol. The molecule has 1 aromatic heterocycles. The largest absolute Gasteiger partial charge is 0.363 e. The number of benzene rings is 1. The van der Waals surface area contributed by atoms with Gasteiger partial charge in [0, 0.05) is 0 Å². The van der Waals surface area contributed by atoms with Crippen LogP contribution >= 0.6 is 11.6 Å². The molecule has 0 aliphatic heterocycles. The Balaban J connectivity index is 2.73. The lowest BCUT2D eigenvalue weighted by Gasteiger charge is -2.05. The summed E-state index contributed by atoms with van der Waals surface area (Å²) in [4.78, 5) is 25.7. The summed E-state index contributed by atoms with van der Waals surface area (Å²) in [5, 5.41) is -0.743. The number of nitrogens with one attached hydrogen (secondary N) is 1. The number of aromatic amines is 1. The normalized spacial score (nSPS) is 11.6. The molecule has 0 aliphatic rings. The number of hydrogen-bond acceptors (Lipinski definition) is 5. The molecule has 0 radical (unpaired) electrons. The van der Waals surface area contributed by atoms with E-state index in [4.69, 9.17) is 11.6 Å². The second-order valence-corrected chi connectivity index (χ2v) is 5.45. The summed E-state index contributed by atoms with van der Waals surface area (Å²) < 4.78 is 26.7. The second-order valence-electron chi connectivity index (χ2n) is 3.32. The molecule has 1 heterocycles. The van der Waals surface area contributed by atoms with Gasteiger partial charge < -0.3 is 4.98 Å². The number of rotatable bonds is 3. The van der Waals surface area contributed by atoms with Crippen molar-refractivity contribution in [2.45, 2.75) is 0 Å². The maximum absolute atomic E-state index is 11.9. The van der Waals surface area contributed by atoms with E-state index in [1.165, 1.54) is 12.1 Å². The summed E-state index contributed by atoms with van der Waals surface area (Å²) in [6, 6.07) is 6.14. The molecule has 2 aromatic rings. The molecule has 0 saturated carbocycles. The topological polar surface area (TPSA) is 98.2 Å². The van der Waals surface area contributed by atoms with Crippen LogP contribution < -0.4 is 15.5 Å². The summed E-state index contributed by atoms with van der Waals surface area (Å²) in [5.41, 5.74) is -1.58. The van der Waals surface area contributed by atoms with Gasteiger partial charge in [-0.15, -0.1) is 11.6 Å². The Morgan fingerprint density at radius 3 is 2.61 bits per heavy atom. The Morgan fingerprint density at radius 1 is 1.28 bits per heavy atom. The van der Waals surface area contributed by atoms with Gasteiger partial charge in [-0.2, -0.15) is 8.42 Å². The van der Waals surface area contributed by atoms with Crippen LogP contribution in [-0.4, -0.2) is 23.3 Å². The zero-order valence-corrected chi connectivity index (χ0v) is 10.4. The first-order chi connectivity index (χ1) is 8.44. The minimum absolute atomic E-state index is 0.125. The third-order valence-corrected chi connectivity index (χ3v) is 3.53. The van der Waals surface area contributed by atoms with Crippen LogP contribution in [0.1, 0.15) is 0 Å². The van der Waals surface area contributed by atoms with E-state index in [1.54, 1.807) is 12.1 Å². The predicted molar refractivity (Wildman–Crippen MR) is 65.0 cm³/mol. The third-order valence-electron chi connectivity index (χ3n) is 2.09. The lowest BCUT2D eigenvalue weighted by Crippen LogP contribution is -2.42. The molecule has 2 rings (SSSR count). The summed E-state index contributed by atoms with van der Waals surface area (Å²) in [5.74, 6) is 0. The third kappa shape index (κ3) is 2.24. The summed E-state index contributed by atoms with van der Waals surface area (Å²) in [7, 11) is -4.18. The maximum Gasteiger partial charge on any atom is 0.363 e. The van der Waals surface area contributed by atoms with E-state index in [0.717, 1.165) is 0 Å². The van der Waals surface area contributed by atoms with E-state index in [2.05, 4.69) is 9.27 Å². The molecule has 0 unspecified atom stereocenters. The number of alkyl halides is 1. The van der Waals surface area contributed by atoms with Gasteiger partial charge in [0.2, 0.25) is 0 Å². The summed E-state index contributed by atoms with van der Waals surface area (Å²) >= 11 is 5.13. The minimum atomic E-state index is -4.18. The lowest BCUT2D eigenvalue weighted by molar-refractivity contribution is 0.256. The quantitative estimate of drug-likeness (QED) is 0.779. The highest BCUT2D eigenvalue weighted by atomic mass is 35.5. The van der Waals surface area contributed by atoms with Crippen LogP contribution in [0.4, 0.5) is 0 Å². The Hall–Kier alpha value is -1.80. The first-order valence-corrected chi connectivity index (χ1v) is 6.78. The fraction of sp³-hybridized carbons (Fsp3) is 0.111. The zero-order valence-electron chi connectivity index (χ0n) is 8.79. The second kappa shape index (κ2) is 4.46. The highest BCUT2D eigenvalue weighted by Gasteiger charge is 2.16. The van der Waals surface area contributed by atoms with Crippen LogP contribution in [-0.2, 0) is 10.1 Å². The van der Waals surface area contributed by atoms with Crippen LogP contribution in [0.5, 0.6) is 0 Å². The van der Waals surface area contributed by atoms with Crippen LogP contribution in [0.15, 0.2) is 33.9 Å². The molecule has 96 valence electrons. The van der Waals surface area contributed by atoms with E-state index in [9.17, 15) is 18.0 Å². The molecule has 0 bridgehead atoms. The fourth-order valence-electron chi connectivity index (χ4n) is 1.35. The maximum atomic E-state index is 11.9. The number of aromatic nitrogens is 2. The predicted octanol–water partition coefficient (Wildman–Crippen LogP) is -0.355. The highest BCUT2D eigenvalue weighted by Crippen LogP contribution is 2.02. The molecule has 1 aromatic carbocycles. The van der Waals surface area contributed by atoms with E-state index in [-0.39, 0.29) is 15.6 Å². The van der Waals surface area contributed by atoms with Gasteiger partial charge in [-0.05, 0) is 12.1 Å². The van der Waals surface area contributed by atoms with Crippen LogP contribution in [0.3, 0.4) is 0 Å². The standard InChI is InChI=1S/C9H7ClN2O5S/c10-5-18(15,16)17-12-8(13)6-3-1-2-4-7(6)11-9(12)14/h1-4H,5H2,(H,11,14). The molecule has 1 N–H and O–H groups in total. The molecule has 0 fully saturated rings. The van der Waals surface area contributed by atoms with Crippen molar-refractivity contribution in [3.05, 3.63) is 45.1 Å². The van der Waals surface area contributed by atoms with Crippen LogP contribution in [0.25, 0.3) is 10.9 Å². The molecular formula is C9H7ClN2O5S. The average Bonchev–Trinajstić information content (AvgIpc) is 2.34. The lowest BCUT2D eigenvalue weighted by atomic mass is 10.2. The van der Waals surface area contributed by atoms with Gasteiger partial charge in [0.25, 0.3) is 5.56 Å². The number of fused-ring (bicyclic) bond motifs is 1. The number of H-pyrrole nitrogens is 1. The Bertz CT molecular complexity index is 808. The number of halogens is 1. The number of para-hydroxylation sites is 1. The first-order valence-electron chi connectivity index (χ1n) is 4.67. The average molecular weight is 291 g/mol. The van der Waals surface area contributed by atoms with Gasteiger partial charge in [-0.3, -0.25) is 9.08 Å². The number of nitrogens with zero attached hydrogens (tertiary/aromatic N) is 1.